The highest BCUT2D eigenvalue weighted by Crippen LogP contribution is 2.27. The van der Waals surface area contributed by atoms with Crippen LogP contribution in [-0.4, -0.2) is 36.2 Å². The number of aliphatic hydroxyl groups is 1. The second kappa shape index (κ2) is 4.75. The van der Waals surface area contributed by atoms with Gasteiger partial charge in [0.25, 0.3) is 0 Å². The van der Waals surface area contributed by atoms with E-state index in [1.54, 1.807) is 13.8 Å². The molecule has 1 fully saturated rings. The lowest BCUT2D eigenvalue weighted by molar-refractivity contribution is -0.120. The number of amides is 1. The van der Waals surface area contributed by atoms with Crippen molar-refractivity contribution >= 4 is 5.91 Å². The van der Waals surface area contributed by atoms with Crippen LogP contribution in [-0.2, 0) is 4.79 Å². The predicted molar refractivity (Wildman–Crippen MR) is 54.9 cm³/mol. The predicted octanol–water partition coefficient (Wildman–Crippen LogP) is -0.127. The van der Waals surface area contributed by atoms with Gasteiger partial charge in [-0.25, -0.2) is 0 Å². The second-order valence-corrected chi connectivity index (χ2v) is 4.66. The maximum absolute atomic E-state index is 11.2. The summed E-state index contributed by atoms with van der Waals surface area (Å²) >= 11 is 0. The summed E-state index contributed by atoms with van der Waals surface area (Å²) in [5.41, 5.74) is -0.753. The summed E-state index contributed by atoms with van der Waals surface area (Å²) in [6.07, 6.45) is 2.49. The summed E-state index contributed by atoms with van der Waals surface area (Å²) in [5.74, 6) is 0.731. The highest BCUT2D eigenvalue weighted by atomic mass is 16.3. The van der Waals surface area contributed by atoms with Crippen molar-refractivity contribution in [3.05, 3.63) is 0 Å². The van der Waals surface area contributed by atoms with E-state index >= 15 is 0 Å². The Bertz CT molecular complexity index is 195. The normalized spacial score (nSPS) is 16.8. The van der Waals surface area contributed by atoms with E-state index in [4.69, 9.17) is 0 Å². The Balaban J connectivity index is 1.96. The number of hydrogen-bond acceptors (Lipinski definition) is 3. The third-order valence-corrected chi connectivity index (χ3v) is 2.13. The van der Waals surface area contributed by atoms with Gasteiger partial charge in [0.05, 0.1) is 12.1 Å². The number of carbonyl (C=O) groups excluding carboxylic acids is 1. The highest BCUT2D eigenvalue weighted by molar-refractivity contribution is 5.77. The zero-order valence-corrected chi connectivity index (χ0v) is 8.97. The minimum atomic E-state index is -0.753. The molecule has 0 radical (unpaired) electrons. The highest BCUT2D eigenvalue weighted by Gasteiger charge is 2.21. The smallest absolute Gasteiger partial charge is 0.233 e. The molecule has 0 aromatic heterocycles. The molecule has 0 bridgehead atoms. The first kappa shape index (κ1) is 11.5. The largest absolute Gasteiger partial charge is 0.389 e. The molecule has 0 atom stereocenters. The Morgan fingerprint density at radius 1 is 1.50 bits per heavy atom. The molecule has 0 aromatic rings. The first-order valence-corrected chi connectivity index (χ1v) is 5.17. The Hall–Kier alpha value is -0.610. The van der Waals surface area contributed by atoms with Crippen LogP contribution in [0.2, 0.25) is 0 Å². The van der Waals surface area contributed by atoms with E-state index in [-0.39, 0.29) is 12.5 Å². The zero-order chi connectivity index (χ0) is 10.6. The molecule has 4 heteroatoms. The molecular formula is C10H20N2O2. The summed E-state index contributed by atoms with van der Waals surface area (Å²) in [5, 5.41) is 15.1. The maximum atomic E-state index is 11.2. The first-order chi connectivity index (χ1) is 6.47. The van der Waals surface area contributed by atoms with Crippen LogP contribution in [0.15, 0.2) is 0 Å². The SMILES string of the molecule is CC(C)(O)CNCC(=O)NCC1CC1. The van der Waals surface area contributed by atoms with Gasteiger partial charge in [0.1, 0.15) is 0 Å². The molecule has 1 rings (SSSR count). The lowest BCUT2D eigenvalue weighted by Crippen LogP contribution is -2.41. The fourth-order valence-electron chi connectivity index (χ4n) is 1.12. The van der Waals surface area contributed by atoms with Crippen molar-refractivity contribution in [2.45, 2.75) is 32.3 Å². The quantitative estimate of drug-likeness (QED) is 0.560. The van der Waals surface area contributed by atoms with Gasteiger partial charge in [0, 0.05) is 13.1 Å². The zero-order valence-electron chi connectivity index (χ0n) is 8.97. The minimum Gasteiger partial charge on any atom is -0.389 e. The van der Waals surface area contributed by atoms with Crippen LogP contribution in [0, 0.1) is 5.92 Å². The molecule has 14 heavy (non-hydrogen) atoms. The summed E-state index contributed by atoms with van der Waals surface area (Å²) in [6.45, 7) is 4.95. The van der Waals surface area contributed by atoms with E-state index in [2.05, 4.69) is 10.6 Å². The van der Waals surface area contributed by atoms with Crippen LogP contribution >= 0.6 is 0 Å². The lowest BCUT2D eigenvalue weighted by Gasteiger charge is -2.17. The molecule has 1 saturated carbocycles. The molecule has 4 nitrogen and oxygen atoms in total. The van der Waals surface area contributed by atoms with Gasteiger partial charge >= 0.3 is 0 Å². The van der Waals surface area contributed by atoms with E-state index in [0.29, 0.717) is 12.5 Å². The fourth-order valence-corrected chi connectivity index (χ4v) is 1.12. The first-order valence-electron chi connectivity index (χ1n) is 5.17. The average molecular weight is 200 g/mol. The number of rotatable bonds is 6. The van der Waals surface area contributed by atoms with Crippen molar-refractivity contribution in [1.29, 1.82) is 0 Å². The number of carbonyl (C=O) groups is 1. The van der Waals surface area contributed by atoms with Crippen LogP contribution in [0.5, 0.6) is 0 Å². The number of nitrogens with one attached hydrogen (secondary N) is 2. The van der Waals surface area contributed by atoms with E-state index in [9.17, 15) is 9.90 Å². The summed E-state index contributed by atoms with van der Waals surface area (Å²) in [7, 11) is 0. The van der Waals surface area contributed by atoms with Gasteiger partial charge in [-0.15, -0.1) is 0 Å². The van der Waals surface area contributed by atoms with Crippen molar-refractivity contribution in [1.82, 2.24) is 10.6 Å². The van der Waals surface area contributed by atoms with Gasteiger partial charge < -0.3 is 15.7 Å². The lowest BCUT2D eigenvalue weighted by atomic mass is 10.1. The molecule has 0 aromatic carbocycles. The third kappa shape index (κ3) is 5.94. The van der Waals surface area contributed by atoms with Gasteiger partial charge in [0.2, 0.25) is 5.91 Å². The molecule has 1 aliphatic rings. The van der Waals surface area contributed by atoms with Crippen molar-refractivity contribution in [3.63, 3.8) is 0 Å². The van der Waals surface area contributed by atoms with Gasteiger partial charge in [-0.2, -0.15) is 0 Å². The Morgan fingerprint density at radius 3 is 2.64 bits per heavy atom. The van der Waals surface area contributed by atoms with Gasteiger partial charge in [-0.1, -0.05) is 0 Å². The van der Waals surface area contributed by atoms with Crippen molar-refractivity contribution < 1.29 is 9.90 Å². The van der Waals surface area contributed by atoms with Crippen LogP contribution in [0.25, 0.3) is 0 Å². The number of hydrogen-bond donors (Lipinski definition) is 3. The molecule has 1 aliphatic carbocycles. The van der Waals surface area contributed by atoms with E-state index < -0.39 is 5.60 Å². The summed E-state index contributed by atoms with van der Waals surface area (Å²) in [6, 6.07) is 0. The standard InChI is InChI=1S/C10H20N2O2/c1-10(2,14)7-11-6-9(13)12-5-8-3-4-8/h8,11,14H,3-7H2,1-2H3,(H,12,13). The molecular weight excluding hydrogens is 180 g/mol. The van der Waals surface area contributed by atoms with Crippen molar-refractivity contribution in [2.75, 3.05) is 19.6 Å². The topological polar surface area (TPSA) is 61.4 Å². The third-order valence-electron chi connectivity index (χ3n) is 2.13. The second-order valence-electron chi connectivity index (χ2n) is 4.66. The maximum Gasteiger partial charge on any atom is 0.233 e. The van der Waals surface area contributed by atoms with Crippen LogP contribution < -0.4 is 10.6 Å². The minimum absolute atomic E-state index is 0.0150. The van der Waals surface area contributed by atoms with Crippen LogP contribution in [0.4, 0.5) is 0 Å². The molecule has 82 valence electrons. The van der Waals surface area contributed by atoms with Gasteiger partial charge in [0.15, 0.2) is 0 Å². The van der Waals surface area contributed by atoms with Gasteiger partial charge in [-0.3, -0.25) is 4.79 Å². The molecule has 0 heterocycles. The van der Waals surface area contributed by atoms with E-state index in [1.165, 1.54) is 12.8 Å². The van der Waals surface area contributed by atoms with Crippen LogP contribution in [0.1, 0.15) is 26.7 Å². The summed E-state index contributed by atoms with van der Waals surface area (Å²) in [4.78, 5) is 11.2. The van der Waals surface area contributed by atoms with Crippen molar-refractivity contribution in [3.8, 4) is 0 Å². The Morgan fingerprint density at radius 2 is 2.14 bits per heavy atom. The molecule has 0 unspecified atom stereocenters. The monoisotopic (exact) mass is 200 g/mol. The molecule has 0 aliphatic heterocycles. The molecule has 1 amide bonds. The molecule has 0 spiro atoms. The van der Waals surface area contributed by atoms with E-state index in [1.807, 2.05) is 0 Å². The van der Waals surface area contributed by atoms with Crippen molar-refractivity contribution in [2.24, 2.45) is 5.92 Å². The summed E-state index contributed by atoms with van der Waals surface area (Å²) < 4.78 is 0. The molecule has 3 N–H and O–H groups in total. The van der Waals surface area contributed by atoms with Crippen LogP contribution in [0.3, 0.4) is 0 Å². The molecule has 0 saturated heterocycles. The Labute approximate surface area is 85.1 Å². The fraction of sp³-hybridized carbons (Fsp3) is 0.900. The van der Waals surface area contributed by atoms with E-state index in [0.717, 1.165) is 6.54 Å². The van der Waals surface area contributed by atoms with Gasteiger partial charge in [-0.05, 0) is 32.6 Å². The Kier molecular flexibility index (Phi) is 3.89. The average Bonchev–Trinajstić information content (AvgIpc) is 2.81.